The molecule has 0 aromatic heterocycles. The lowest BCUT2D eigenvalue weighted by Gasteiger charge is -2.34. The van der Waals surface area contributed by atoms with Gasteiger partial charge < -0.3 is 9.84 Å². The predicted molar refractivity (Wildman–Crippen MR) is 95.9 cm³/mol. The minimum atomic E-state index is -5.03. The van der Waals surface area contributed by atoms with Crippen LogP contribution in [0.15, 0.2) is 53.4 Å². The highest BCUT2D eigenvalue weighted by molar-refractivity contribution is 7.92. The Morgan fingerprint density at radius 1 is 1.17 bits per heavy atom. The van der Waals surface area contributed by atoms with E-state index in [1.54, 1.807) is 6.92 Å². The summed E-state index contributed by atoms with van der Waals surface area (Å²) in [5.41, 5.74) is -2.92. The molecule has 0 spiro atoms. The molecule has 10 heteroatoms. The Morgan fingerprint density at radius 3 is 2.38 bits per heavy atom. The quantitative estimate of drug-likeness (QED) is 0.814. The van der Waals surface area contributed by atoms with Gasteiger partial charge in [-0.15, -0.1) is 0 Å². The lowest BCUT2D eigenvalue weighted by Crippen LogP contribution is -2.55. The van der Waals surface area contributed by atoms with Crippen LogP contribution < -0.4 is 4.31 Å². The van der Waals surface area contributed by atoms with Crippen molar-refractivity contribution in [3.05, 3.63) is 59.7 Å². The molecule has 6 nitrogen and oxygen atoms in total. The Labute approximate surface area is 164 Å². The number of nitrogens with zero attached hydrogens (tertiary/aromatic N) is 1. The van der Waals surface area contributed by atoms with Crippen molar-refractivity contribution in [1.82, 2.24) is 0 Å². The third-order valence-corrected chi connectivity index (χ3v) is 7.21. The van der Waals surface area contributed by atoms with Gasteiger partial charge in [0, 0.05) is 5.56 Å². The molecule has 0 aliphatic carbocycles. The molecule has 2 aliphatic rings. The Hall–Kier alpha value is -2.59. The first-order chi connectivity index (χ1) is 13.5. The van der Waals surface area contributed by atoms with Crippen molar-refractivity contribution in [1.29, 1.82) is 0 Å². The summed E-state index contributed by atoms with van der Waals surface area (Å²) in [6.07, 6.45) is -5.03. The fourth-order valence-electron chi connectivity index (χ4n) is 4.09. The zero-order valence-corrected chi connectivity index (χ0v) is 15.9. The van der Waals surface area contributed by atoms with Crippen LogP contribution in [0.5, 0.6) is 0 Å². The maximum absolute atomic E-state index is 14.3. The monoisotopic (exact) mass is 427 g/mol. The summed E-state index contributed by atoms with van der Waals surface area (Å²) in [5.74, 6) is -3.25. The van der Waals surface area contributed by atoms with E-state index in [-0.39, 0.29) is 10.6 Å². The van der Waals surface area contributed by atoms with Gasteiger partial charge in [0.05, 0.1) is 17.2 Å². The summed E-state index contributed by atoms with van der Waals surface area (Å²) >= 11 is 0. The van der Waals surface area contributed by atoms with Crippen molar-refractivity contribution in [2.45, 2.75) is 29.6 Å². The molecule has 0 radical (unpaired) electrons. The third-order valence-electron chi connectivity index (χ3n) is 5.40. The Kier molecular flexibility index (Phi) is 4.22. The lowest BCUT2D eigenvalue weighted by atomic mass is 9.85. The van der Waals surface area contributed by atoms with E-state index in [4.69, 9.17) is 4.74 Å². The van der Waals surface area contributed by atoms with Crippen molar-refractivity contribution in [3.8, 4) is 0 Å². The van der Waals surface area contributed by atoms with E-state index in [1.807, 2.05) is 0 Å². The van der Waals surface area contributed by atoms with E-state index in [0.717, 1.165) is 11.6 Å². The largest absolute Gasteiger partial charge is 0.481 e. The number of para-hydroxylation sites is 1. The van der Waals surface area contributed by atoms with Gasteiger partial charge in [-0.25, -0.2) is 8.42 Å². The molecule has 0 amide bonds. The van der Waals surface area contributed by atoms with Gasteiger partial charge in [0.15, 0.2) is 0 Å². The van der Waals surface area contributed by atoms with Gasteiger partial charge >= 0.3 is 12.1 Å². The van der Waals surface area contributed by atoms with Crippen LogP contribution in [0.1, 0.15) is 11.1 Å². The van der Waals surface area contributed by atoms with Crippen molar-refractivity contribution in [2.75, 3.05) is 10.9 Å². The number of ether oxygens (including phenoxy) is 1. The second kappa shape index (κ2) is 6.20. The number of hydrogen-bond donors (Lipinski definition) is 1. The summed E-state index contributed by atoms with van der Waals surface area (Å²) < 4.78 is 75.4. The number of aryl methyl sites for hydroxylation is 1. The topological polar surface area (TPSA) is 83.9 Å². The molecule has 3 unspecified atom stereocenters. The smallest absolute Gasteiger partial charge is 0.423 e. The first-order valence-electron chi connectivity index (χ1n) is 8.66. The number of anilines is 1. The van der Waals surface area contributed by atoms with Gasteiger partial charge in [0.2, 0.25) is 5.60 Å². The van der Waals surface area contributed by atoms with Crippen LogP contribution in [0.3, 0.4) is 0 Å². The normalized spacial score (nSPS) is 26.3. The van der Waals surface area contributed by atoms with Crippen molar-refractivity contribution < 1.29 is 36.2 Å². The molecule has 2 aromatic rings. The van der Waals surface area contributed by atoms with Crippen LogP contribution in [0.25, 0.3) is 0 Å². The van der Waals surface area contributed by atoms with Gasteiger partial charge in [-0.05, 0) is 25.1 Å². The highest BCUT2D eigenvalue weighted by Crippen LogP contribution is 2.60. The van der Waals surface area contributed by atoms with Crippen LogP contribution in [0, 0.1) is 12.8 Å². The summed E-state index contributed by atoms with van der Waals surface area (Å²) in [7, 11) is -4.50. The van der Waals surface area contributed by atoms with E-state index in [1.165, 1.54) is 42.5 Å². The van der Waals surface area contributed by atoms with Crippen LogP contribution >= 0.6 is 0 Å². The molecule has 29 heavy (non-hydrogen) atoms. The molecule has 1 N–H and O–H groups in total. The molecule has 1 saturated heterocycles. The van der Waals surface area contributed by atoms with Crippen molar-refractivity contribution in [2.24, 2.45) is 5.92 Å². The fourth-order valence-corrected chi connectivity index (χ4v) is 5.81. The number of benzene rings is 2. The first kappa shape index (κ1) is 19.7. The second-order valence-corrected chi connectivity index (χ2v) is 8.88. The molecule has 0 saturated carbocycles. The average molecular weight is 427 g/mol. The SMILES string of the molecule is Cc1ccc(S(=O)(=O)N2c3ccccc3C3(C(F)(F)F)OCC(C(=O)O)C23)cc1. The Bertz CT molecular complexity index is 1080. The number of carboxylic acid groups (broad SMARTS) is 1. The maximum atomic E-state index is 14.3. The highest BCUT2D eigenvalue weighted by atomic mass is 32.2. The molecular weight excluding hydrogens is 411 g/mol. The number of aliphatic carboxylic acids is 1. The molecule has 2 aliphatic heterocycles. The molecule has 2 heterocycles. The van der Waals surface area contributed by atoms with E-state index < -0.39 is 51.9 Å². The van der Waals surface area contributed by atoms with E-state index in [9.17, 15) is 31.5 Å². The molecule has 4 rings (SSSR count). The molecule has 0 bridgehead atoms. The number of halogens is 3. The molecular formula is C19H16F3NO5S. The number of fused-ring (bicyclic) bond motifs is 3. The first-order valence-corrected chi connectivity index (χ1v) is 10.1. The average Bonchev–Trinajstić information content (AvgIpc) is 3.16. The Balaban J connectivity index is 2.01. The number of sulfonamides is 1. The van der Waals surface area contributed by atoms with Crippen molar-refractivity contribution in [3.63, 3.8) is 0 Å². The zero-order chi connectivity index (χ0) is 21.2. The van der Waals surface area contributed by atoms with Gasteiger partial charge in [0.25, 0.3) is 10.0 Å². The lowest BCUT2D eigenvalue weighted by molar-refractivity contribution is -0.269. The second-order valence-electron chi connectivity index (χ2n) is 7.07. The molecule has 1 fully saturated rings. The summed E-state index contributed by atoms with van der Waals surface area (Å²) in [6, 6.07) is 8.71. The zero-order valence-electron chi connectivity index (χ0n) is 15.1. The van der Waals surface area contributed by atoms with Gasteiger partial charge in [-0.1, -0.05) is 35.9 Å². The minimum Gasteiger partial charge on any atom is -0.481 e. The number of hydrogen-bond acceptors (Lipinski definition) is 4. The minimum absolute atomic E-state index is 0.230. The molecule has 154 valence electrons. The van der Waals surface area contributed by atoms with E-state index in [2.05, 4.69) is 0 Å². The number of carbonyl (C=O) groups is 1. The third kappa shape index (κ3) is 2.58. The summed E-state index contributed by atoms with van der Waals surface area (Å²) in [6.45, 7) is 0.981. The van der Waals surface area contributed by atoms with Crippen LogP contribution in [0.2, 0.25) is 0 Å². The van der Waals surface area contributed by atoms with Crippen LogP contribution in [-0.4, -0.2) is 38.3 Å². The van der Waals surface area contributed by atoms with E-state index >= 15 is 0 Å². The van der Waals surface area contributed by atoms with Crippen molar-refractivity contribution >= 4 is 21.7 Å². The summed E-state index contributed by atoms with van der Waals surface area (Å²) in [5, 5.41) is 9.54. The van der Waals surface area contributed by atoms with Crippen LogP contribution in [0.4, 0.5) is 18.9 Å². The molecule has 3 atom stereocenters. The van der Waals surface area contributed by atoms with Crippen LogP contribution in [-0.2, 0) is 25.2 Å². The Morgan fingerprint density at radius 2 is 1.79 bits per heavy atom. The fraction of sp³-hybridized carbons (Fsp3) is 0.316. The summed E-state index contributed by atoms with van der Waals surface area (Å²) in [4.78, 5) is 11.5. The van der Waals surface area contributed by atoms with E-state index in [0.29, 0.717) is 4.31 Å². The van der Waals surface area contributed by atoms with Gasteiger partial charge in [-0.3, -0.25) is 9.10 Å². The molecule has 2 aromatic carbocycles. The highest BCUT2D eigenvalue weighted by Gasteiger charge is 2.75. The number of rotatable bonds is 3. The number of alkyl halides is 3. The van der Waals surface area contributed by atoms with Gasteiger partial charge in [-0.2, -0.15) is 13.2 Å². The standard InChI is InChI=1S/C19H16F3NO5S/c1-11-6-8-12(9-7-11)29(26,27)23-15-5-3-2-4-14(15)18(19(20,21)22)16(23)13(10-28-18)17(24)25/h2-9,13,16H,10H2,1H3,(H,24,25). The number of carboxylic acids is 1. The van der Waals surface area contributed by atoms with Gasteiger partial charge in [0.1, 0.15) is 12.0 Å². The maximum Gasteiger partial charge on any atom is 0.423 e. The predicted octanol–water partition coefficient (Wildman–Crippen LogP) is 3.06.